The number of carbonyl (C=O) groups excluding carboxylic acids is 1. The fourth-order valence-electron chi connectivity index (χ4n) is 4.18. The molecule has 0 spiro atoms. The predicted molar refractivity (Wildman–Crippen MR) is 150 cm³/mol. The van der Waals surface area contributed by atoms with E-state index >= 15 is 0 Å². The topological polar surface area (TPSA) is 87.5 Å². The highest BCUT2D eigenvalue weighted by Gasteiger charge is 2.35. The summed E-state index contributed by atoms with van der Waals surface area (Å²) in [6.07, 6.45) is 2.55. The van der Waals surface area contributed by atoms with Crippen LogP contribution in [0, 0.1) is 6.92 Å². The highest BCUT2D eigenvalue weighted by Crippen LogP contribution is 2.40. The molecule has 4 rings (SSSR count). The van der Waals surface area contributed by atoms with Gasteiger partial charge in [-0.1, -0.05) is 61.7 Å². The zero-order valence-corrected chi connectivity index (χ0v) is 23.1. The maximum absolute atomic E-state index is 13.2. The molecule has 1 N–H and O–H groups in total. The highest BCUT2D eigenvalue weighted by molar-refractivity contribution is 7.99. The first-order valence-electron chi connectivity index (χ1n) is 12.8. The van der Waals surface area contributed by atoms with E-state index in [1.54, 1.807) is 22.5 Å². The second-order valence-electron chi connectivity index (χ2n) is 8.82. The summed E-state index contributed by atoms with van der Waals surface area (Å²) in [6.45, 7) is 12.6. The van der Waals surface area contributed by atoms with Gasteiger partial charge in [0.25, 0.3) is 0 Å². The molecule has 2 heterocycles. The van der Waals surface area contributed by atoms with Crippen molar-refractivity contribution in [2.75, 3.05) is 24.3 Å². The number of benzene rings is 2. The number of aryl methyl sites for hydroxylation is 1. The average molecular weight is 535 g/mol. The Morgan fingerprint density at radius 1 is 1.16 bits per heavy atom. The summed E-state index contributed by atoms with van der Waals surface area (Å²) in [6, 6.07) is 13.3. The molecule has 38 heavy (non-hydrogen) atoms. The predicted octanol–water partition coefficient (Wildman–Crippen LogP) is 6.08. The van der Waals surface area contributed by atoms with Crippen LogP contribution in [0.1, 0.15) is 49.9 Å². The van der Waals surface area contributed by atoms with E-state index in [0.717, 1.165) is 28.9 Å². The SMILES string of the molecule is C=CCOC(=O)C1=C(C)Nc2nc(SCCC)nn2C1c1ccc(OCc2ccccc2C)c(OCC)c1. The van der Waals surface area contributed by atoms with Gasteiger partial charge in [0.1, 0.15) is 19.3 Å². The zero-order valence-electron chi connectivity index (χ0n) is 22.3. The number of carbonyl (C=O) groups is 1. The number of aromatic nitrogens is 3. The van der Waals surface area contributed by atoms with E-state index < -0.39 is 12.0 Å². The molecule has 0 radical (unpaired) electrons. The van der Waals surface area contributed by atoms with Gasteiger partial charge in [-0.05, 0) is 56.0 Å². The highest BCUT2D eigenvalue weighted by atomic mass is 32.2. The van der Waals surface area contributed by atoms with Gasteiger partial charge in [-0.2, -0.15) is 4.98 Å². The second kappa shape index (κ2) is 12.7. The summed E-state index contributed by atoms with van der Waals surface area (Å²) in [4.78, 5) is 17.9. The Morgan fingerprint density at radius 3 is 2.71 bits per heavy atom. The summed E-state index contributed by atoms with van der Waals surface area (Å²) >= 11 is 1.58. The molecule has 9 heteroatoms. The molecule has 1 aliphatic rings. The summed E-state index contributed by atoms with van der Waals surface area (Å²) in [5, 5.41) is 8.63. The van der Waals surface area contributed by atoms with E-state index in [1.807, 2.05) is 50.2 Å². The van der Waals surface area contributed by atoms with Gasteiger partial charge in [-0.25, -0.2) is 9.48 Å². The van der Waals surface area contributed by atoms with Crippen molar-refractivity contribution in [3.8, 4) is 11.5 Å². The third kappa shape index (κ3) is 6.05. The lowest BCUT2D eigenvalue weighted by molar-refractivity contribution is -0.138. The van der Waals surface area contributed by atoms with E-state index in [-0.39, 0.29) is 6.61 Å². The molecule has 0 amide bonds. The number of esters is 1. The Balaban J connectivity index is 1.73. The van der Waals surface area contributed by atoms with Gasteiger partial charge < -0.3 is 19.5 Å². The third-order valence-electron chi connectivity index (χ3n) is 6.05. The van der Waals surface area contributed by atoms with Crippen LogP contribution in [0.2, 0.25) is 0 Å². The molecule has 1 unspecified atom stereocenters. The normalized spacial score (nSPS) is 14.5. The van der Waals surface area contributed by atoms with E-state index in [1.165, 1.54) is 0 Å². The summed E-state index contributed by atoms with van der Waals surface area (Å²) in [5.74, 6) is 2.25. The van der Waals surface area contributed by atoms with Gasteiger partial charge >= 0.3 is 5.97 Å². The molecule has 3 aromatic rings. The number of anilines is 1. The maximum atomic E-state index is 13.2. The van der Waals surface area contributed by atoms with Crippen LogP contribution in [0.25, 0.3) is 0 Å². The number of hydrogen-bond donors (Lipinski definition) is 1. The van der Waals surface area contributed by atoms with Crippen molar-refractivity contribution in [3.63, 3.8) is 0 Å². The Kier molecular flexibility index (Phi) is 9.12. The Bertz CT molecular complexity index is 1330. The molecule has 0 bridgehead atoms. The lowest BCUT2D eigenvalue weighted by atomic mass is 9.95. The quantitative estimate of drug-likeness (QED) is 0.170. The van der Waals surface area contributed by atoms with Crippen molar-refractivity contribution in [3.05, 3.63) is 83.1 Å². The summed E-state index contributed by atoms with van der Waals surface area (Å²) in [7, 11) is 0. The number of ether oxygens (including phenoxy) is 3. The van der Waals surface area contributed by atoms with Gasteiger partial charge in [-0.15, -0.1) is 5.10 Å². The fourth-order valence-corrected chi connectivity index (χ4v) is 4.86. The standard InChI is InChI=1S/C29H34N4O4S/c1-6-15-36-27(34)25-20(5)30-28-31-29(38-16-7-2)32-33(28)26(25)21-13-14-23(24(17-21)35-8-3)37-18-22-12-10-9-11-19(22)4/h6,9-14,17,26H,1,7-8,15-16,18H2,2-5H3,(H,30,31,32). The van der Waals surface area contributed by atoms with Crippen LogP contribution in [0.15, 0.2) is 71.5 Å². The van der Waals surface area contributed by atoms with Crippen LogP contribution in [-0.4, -0.2) is 39.7 Å². The van der Waals surface area contributed by atoms with Crippen LogP contribution in [0.4, 0.5) is 5.95 Å². The number of nitrogens with one attached hydrogen (secondary N) is 1. The number of hydrogen-bond acceptors (Lipinski definition) is 8. The van der Waals surface area contributed by atoms with Crippen molar-refractivity contribution in [1.29, 1.82) is 0 Å². The van der Waals surface area contributed by atoms with E-state index in [9.17, 15) is 4.79 Å². The molecular formula is C29H34N4O4S. The zero-order chi connectivity index (χ0) is 27.1. The molecule has 0 saturated carbocycles. The monoisotopic (exact) mass is 534 g/mol. The van der Waals surface area contributed by atoms with E-state index in [0.29, 0.717) is 47.1 Å². The van der Waals surface area contributed by atoms with Crippen molar-refractivity contribution in [1.82, 2.24) is 14.8 Å². The van der Waals surface area contributed by atoms with Crippen molar-refractivity contribution >= 4 is 23.7 Å². The lowest BCUT2D eigenvalue weighted by Gasteiger charge is -2.28. The summed E-state index contributed by atoms with van der Waals surface area (Å²) in [5.41, 5.74) is 4.19. The Labute approximate surface area is 228 Å². The van der Waals surface area contributed by atoms with Gasteiger partial charge in [0, 0.05) is 11.4 Å². The molecule has 200 valence electrons. The molecule has 2 aromatic carbocycles. The number of rotatable bonds is 12. The molecule has 1 atom stereocenters. The van der Waals surface area contributed by atoms with Crippen LogP contribution < -0.4 is 14.8 Å². The van der Waals surface area contributed by atoms with Gasteiger partial charge in [0.15, 0.2) is 11.5 Å². The first kappa shape index (κ1) is 27.3. The van der Waals surface area contributed by atoms with Gasteiger partial charge in [0.05, 0.1) is 12.2 Å². The number of fused-ring (bicyclic) bond motifs is 1. The van der Waals surface area contributed by atoms with Crippen LogP contribution in [0.5, 0.6) is 11.5 Å². The van der Waals surface area contributed by atoms with Crippen molar-refractivity contribution < 1.29 is 19.0 Å². The molecule has 8 nitrogen and oxygen atoms in total. The minimum Gasteiger partial charge on any atom is -0.490 e. The van der Waals surface area contributed by atoms with Gasteiger partial charge in [0.2, 0.25) is 11.1 Å². The fraction of sp³-hybridized carbons (Fsp3) is 0.345. The molecule has 0 fully saturated rings. The Hall–Kier alpha value is -3.72. The molecule has 0 saturated heterocycles. The molecule has 0 aliphatic carbocycles. The van der Waals surface area contributed by atoms with Crippen LogP contribution >= 0.6 is 11.8 Å². The van der Waals surface area contributed by atoms with Crippen LogP contribution in [0.3, 0.4) is 0 Å². The largest absolute Gasteiger partial charge is 0.490 e. The second-order valence-corrected chi connectivity index (χ2v) is 9.88. The third-order valence-corrected chi connectivity index (χ3v) is 7.09. The Morgan fingerprint density at radius 2 is 1.97 bits per heavy atom. The smallest absolute Gasteiger partial charge is 0.338 e. The van der Waals surface area contributed by atoms with Crippen LogP contribution in [-0.2, 0) is 16.1 Å². The number of nitrogens with zero attached hydrogens (tertiary/aromatic N) is 3. The average Bonchev–Trinajstić information content (AvgIpc) is 3.32. The minimum absolute atomic E-state index is 0.111. The number of thioether (sulfide) groups is 1. The summed E-state index contributed by atoms with van der Waals surface area (Å²) < 4.78 is 19.4. The van der Waals surface area contributed by atoms with Crippen molar-refractivity contribution in [2.45, 2.75) is 51.9 Å². The van der Waals surface area contributed by atoms with E-state index in [2.05, 4.69) is 36.8 Å². The molecule has 1 aromatic heterocycles. The number of allylic oxidation sites excluding steroid dienone is 1. The molecular weight excluding hydrogens is 500 g/mol. The molecule has 1 aliphatic heterocycles. The first-order chi connectivity index (χ1) is 18.5. The van der Waals surface area contributed by atoms with Crippen molar-refractivity contribution in [2.24, 2.45) is 0 Å². The first-order valence-corrected chi connectivity index (χ1v) is 13.7. The maximum Gasteiger partial charge on any atom is 0.338 e. The van der Waals surface area contributed by atoms with E-state index in [4.69, 9.17) is 19.3 Å². The minimum atomic E-state index is -0.559. The van der Waals surface area contributed by atoms with Gasteiger partial charge in [-0.3, -0.25) is 0 Å². The lowest BCUT2D eigenvalue weighted by Crippen LogP contribution is -2.29.